The maximum atomic E-state index is 11.9. The van der Waals surface area contributed by atoms with E-state index >= 15 is 0 Å². The lowest BCUT2D eigenvalue weighted by Crippen LogP contribution is -2.35. The number of carbonyl (C=O) groups excluding carboxylic acids is 2. The maximum absolute atomic E-state index is 11.9. The number of esters is 1. The molecule has 1 heterocycles. The summed E-state index contributed by atoms with van der Waals surface area (Å²) in [5.41, 5.74) is 1.06. The number of nitrogens with one attached hydrogen (secondary N) is 2. The van der Waals surface area contributed by atoms with E-state index in [1.165, 1.54) is 0 Å². The van der Waals surface area contributed by atoms with Crippen LogP contribution in [0.25, 0.3) is 0 Å². The fourth-order valence-corrected chi connectivity index (χ4v) is 2.11. The van der Waals surface area contributed by atoms with Crippen LogP contribution in [0.3, 0.4) is 0 Å². The first kappa shape index (κ1) is 15.5. The summed E-state index contributed by atoms with van der Waals surface area (Å²) >= 11 is 0. The molecule has 0 bridgehead atoms. The standard InChI is InChI=1S/C15H20N2O4/c1-2-7-21-15(20)10-3-5-11(6-4-10)17-14(19)13-8-12(18)9-16-13/h3-6,12-13,16,18H,2,7-9H2,1H3,(H,17,19). The average molecular weight is 292 g/mol. The van der Waals surface area contributed by atoms with Crippen molar-refractivity contribution < 1.29 is 19.4 Å². The van der Waals surface area contributed by atoms with Gasteiger partial charge in [0.15, 0.2) is 0 Å². The molecule has 0 radical (unpaired) electrons. The van der Waals surface area contributed by atoms with Gasteiger partial charge in [0.1, 0.15) is 0 Å². The van der Waals surface area contributed by atoms with E-state index in [9.17, 15) is 14.7 Å². The minimum absolute atomic E-state index is 0.187. The fraction of sp³-hybridized carbons (Fsp3) is 0.467. The van der Waals surface area contributed by atoms with E-state index in [1.54, 1.807) is 24.3 Å². The van der Waals surface area contributed by atoms with E-state index in [4.69, 9.17) is 4.74 Å². The van der Waals surface area contributed by atoms with Crippen molar-refractivity contribution in [3.8, 4) is 0 Å². The van der Waals surface area contributed by atoms with E-state index in [2.05, 4.69) is 10.6 Å². The topological polar surface area (TPSA) is 87.7 Å². The molecule has 0 saturated carbocycles. The zero-order chi connectivity index (χ0) is 15.2. The predicted molar refractivity (Wildman–Crippen MR) is 78.1 cm³/mol. The number of aliphatic hydroxyl groups excluding tert-OH is 1. The lowest BCUT2D eigenvalue weighted by Gasteiger charge is -2.11. The van der Waals surface area contributed by atoms with Gasteiger partial charge in [0.05, 0.1) is 24.3 Å². The molecule has 2 rings (SSSR count). The molecule has 1 aromatic rings. The summed E-state index contributed by atoms with van der Waals surface area (Å²) in [6.45, 7) is 2.76. The van der Waals surface area contributed by atoms with Crippen LogP contribution in [0.4, 0.5) is 5.69 Å². The van der Waals surface area contributed by atoms with Crippen LogP contribution in [0.2, 0.25) is 0 Å². The zero-order valence-electron chi connectivity index (χ0n) is 12.0. The number of rotatable bonds is 5. The van der Waals surface area contributed by atoms with Crippen molar-refractivity contribution >= 4 is 17.6 Å². The summed E-state index contributed by atoms with van der Waals surface area (Å²) in [7, 11) is 0. The summed E-state index contributed by atoms with van der Waals surface area (Å²) in [6.07, 6.45) is 0.712. The minimum atomic E-state index is -0.475. The Morgan fingerprint density at radius 3 is 2.67 bits per heavy atom. The van der Waals surface area contributed by atoms with Crippen LogP contribution in [-0.2, 0) is 9.53 Å². The number of anilines is 1. The molecule has 2 unspecified atom stereocenters. The molecule has 6 heteroatoms. The quantitative estimate of drug-likeness (QED) is 0.702. The monoisotopic (exact) mass is 292 g/mol. The Hall–Kier alpha value is -1.92. The smallest absolute Gasteiger partial charge is 0.338 e. The highest BCUT2D eigenvalue weighted by molar-refractivity contribution is 5.96. The Morgan fingerprint density at radius 2 is 2.10 bits per heavy atom. The Morgan fingerprint density at radius 1 is 1.38 bits per heavy atom. The van der Waals surface area contributed by atoms with Crippen molar-refractivity contribution in [1.29, 1.82) is 0 Å². The second-order valence-corrected chi connectivity index (χ2v) is 5.05. The van der Waals surface area contributed by atoms with E-state index in [-0.39, 0.29) is 17.9 Å². The van der Waals surface area contributed by atoms with Crippen LogP contribution >= 0.6 is 0 Å². The minimum Gasteiger partial charge on any atom is -0.462 e. The Bertz CT molecular complexity index is 501. The fourth-order valence-electron chi connectivity index (χ4n) is 2.11. The van der Waals surface area contributed by atoms with Gasteiger partial charge in [-0.1, -0.05) is 6.92 Å². The van der Waals surface area contributed by atoms with E-state index in [1.807, 2.05) is 6.92 Å². The Labute approximate surface area is 123 Å². The number of benzene rings is 1. The molecule has 1 aromatic carbocycles. The van der Waals surface area contributed by atoms with Crippen LogP contribution in [-0.4, -0.2) is 42.3 Å². The molecular weight excluding hydrogens is 272 g/mol. The van der Waals surface area contributed by atoms with Crippen molar-refractivity contribution in [1.82, 2.24) is 5.32 Å². The molecule has 6 nitrogen and oxygen atoms in total. The highest BCUT2D eigenvalue weighted by atomic mass is 16.5. The summed E-state index contributed by atoms with van der Waals surface area (Å²) in [5, 5.41) is 15.1. The molecule has 0 aromatic heterocycles. The van der Waals surface area contributed by atoms with E-state index < -0.39 is 6.10 Å². The van der Waals surface area contributed by atoms with Gasteiger partial charge in [-0.05, 0) is 37.1 Å². The van der Waals surface area contributed by atoms with Gasteiger partial charge >= 0.3 is 5.97 Å². The molecular formula is C15H20N2O4. The predicted octanol–water partition coefficient (Wildman–Crippen LogP) is 0.915. The normalized spacial score (nSPS) is 21.0. The van der Waals surface area contributed by atoms with Gasteiger partial charge in [-0.25, -0.2) is 4.79 Å². The van der Waals surface area contributed by atoms with Crippen molar-refractivity contribution in [2.75, 3.05) is 18.5 Å². The molecule has 0 aliphatic carbocycles. The third-order valence-electron chi connectivity index (χ3n) is 3.25. The highest BCUT2D eigenvalue weighted by Crippen LogP contribution is 2.13. The number of β-amino-alcohol motifs (C(OH)–C–C–N with tert-alkyl or cyclic N) is 1. The van der Waals surface area contributed by atoms with Gasteiger partial charge in [0, 0.05) is 12.2 Å². The van der Waals surface area contributed by atoms with Crippen molar-refractivity contribution in [3.05, 3.63) is 29.8 Å². The molecule has 0 spiro atoms. The van der Waals surface area contributed by atoms with Crippen LogP contribution < -0.4 is 10.6 Å². The third-order valence-corrected chi connectivity index (χ3v) is 3.25. The largest absolute Gasteiger partial charge is 0.462 e. The average Bonchev–Trinajstić information content (AvgIpc) is 2.92. The third kappa shape index (κ3) is 4.27. The molecule has 21 heavy (non-hydrogen) atoms. The summed E-state index contributed by atoms with van der Waals surface area (Å²) in [4.78, 5) is 23.6. The highest BCUT2D eigenvalue weighted by Gasteiger charge is 2.27. The van der Waals surface area contributed by atoms with Crippen LogP contribution in [0, 0.1) is 0 Å². The SMILES string of the molecule is CCCOC(=O)c1ccc(NC(=O)C2CC(O)CN2)cc1. The number of ether oxygens (including phenoxy) is 1. The van der Waals surface area contributed by atoms with Crippen LogP contribution in [0.5, 0.6) is 0 Å². The molecule has 114 valence electrons. The molecule has 1 amide bonds. The number of hydrogen-bond acceptors (Lipinski definition) is 5. The van der Waals surface area contributed by atoms with Crippen molar-refractivity contribution in [2.45, 2.75) is 31.9 Å². The van der Waals surface area contributed by atoms with Gasteiger partial charge in [-0.2, -0.15) is 0 Å². The molecule has 1 saturated heterocycles. The lowest BCUT2D eigenvalue weighted by molar-refractivity contribution is -0.117. The summed E-state index contributed by atoms with van der Waals surface area (Å²) in [5.74, 6) is -0.553. The second kappa shape index (κ2) is 7.19. The van der Waals surface area contributed by atoms with Crippen LogP contribution in [0.1, 0.15) is 30.1 Å². The first-order valence-corrected chi connectivity index (χ1v) is 7.09. The molecule has 2 atom stereocenters. The number of amides is 1. The van der Waals surface area contributed by atoms with Gasteiger partial charge in [0.25, 0.3) is 0 Å². The second-order valence-electron chi connectivity index (χ2n) is 5.05. The van der Waals surface area contributed by atoms with Gasteiger partial charge in [-0.15, -0.1) is 0 Å². The van der Waals surface area contributed by atoms with Gasteiger partial charge < -0.3 is 20.5 Å². The molecule has 1 aliphatic heterocycles. The summed E-state index contributed by atoms with van der Waals surface area (Å²) in [6, 6.07) is 6.17. The lowest BCUT2D eigenvalue weighted by atomic mass is 10.1. The van der Waals surface area contributed by atoms with Crippen LogP contribution in [0.15, 0.2) is 24.3 Å². The zero-order valence-corrected chi connectivity index (χ0v) is 12.0. The number of aliphatic hydroxyl groups is 1. The first-order chi connectivity index (χ1) is 10.1. The Balaban J connectivity index is 1.90. The van der Waals surface area contributed by atoms with Crippen molar-refractivity contribution in [3.63, 3.8) is 0 Å². The van der Waals surface area contributed by atoms with Crippen molar-refractivity contribution in [2.24, 2.45) is 0 Å². The van der Waals surface area contributed by atoms with Gasteiger partial charge in [0.2, 0.25) is 5.91 Å². The molecule has 1 aliphatic rings. The summed E-state index contributed by atoms with van der Waals surface area (Å²) < 4.78 is 5.03. The number of hydrogen-bond donors (Lipinski definition) is 3. The van der Waals surface area contributed by atoms with Gasteiger partial charge in [-0.3, -0.25) is 4.79 Å². The maximum Gasteiger partial charge on any atom is 0.338 e. The first-order valence-electron chi connectivity index (χ1n) is 7.09. The molecule has 1 fully saturated rings. The van der Waals surface area contributed by atoms with E-state index in [0.717, 1.165) is 6.42 Å². The Kier molecular flexibility index (Phi) is 5.30. The number of carbonyl (C=O) groups is 2. The van der Waals surface area contributed by atoms with E-state index in [0.29, 0.717) is 30.8 Å². The molecule has 3 N–H and O–H groups in total.